The molecule has 0 unspecified atom stereocenters. The van der Waals surface area contributed by atoms with Gasteiger partial charge in [0.15, 0.2) is 11.7 Å². The molecule has 45 heavy (non-hydrogen) atoms. The van der Waals surface area contributed by atoms with Gasteiger partial charge in [-0.1, -0.05) is 32.0 Å². The molecule has 4 rings (SSSR count). The van der Waals surface area contributed by atoms with Crippen molar-refractivity contribution in [2.75, 3.05) is 6.61 Å². The molecule has 3 fully saturated rings. The van der Waals surface area contributed by atoms with Crippen molar-refractivity contribution in [2.24, 2.45) is 17.3 Å². The van der Waals surface area contributed by atoms with Crippen molar-refractivity contribution in [3.05, 3.63) is 35.9 Å². The van der Waals surface area contributed by atoms with Crippen molar-refractivity contribution < 1.29 is 57.5 Å². The SMILES string of the molecule is CC[C@@H](C)C(=O)O[C@@H]1[C@@H]2[C@@H](OC(C)=O)[C@@]3(OC2(C)C)[C@@](COC(C)=O)([C@@H](OC(C)=O)CC[C@]3(C)O)[C@@H]1OC(=O)c1ccccc1. The van der Waals surface area contributed by atoms with Crippen molar-refractivity contribution in [2.45, 2.75) is 116 Å². The average Bonchev–Trinajstić information content (AvgIpc) is 3.15. The Bertz CT molecular complexity index is 1320. The molecule has 0 radical (unpaired) electrons. The van der Waals surface area contributed by atoms with E-state index in [9.17, 15) is 29.1 Å². The number of aliphatic hydroxyl groups is 1. The lowest BCUT2D eigenvalue weighted by Gasteiger charge is -2.65. The summed E-state index contributed by atoms with van der Waals surface area (Å²) in [6.07, 6.45) is -4.97. The lowest BCUT2D eigenvalue weighted by molar-refractivity contribution is -0.349. The summed E-state index contributed by atoms with van der Waals surface area (Å²) in [6.45, 7) is 11.3. The molecular formula is C33H44O12. The van der Waals surface area contributed by atoms with E-state index in [1.807, 2.05) is 6.92 Å². The third-order valence-corrected chi connectivity index (χ3v) is 9.70. The molecule has 248 valence electrons. The van der Waals surface area contributed by atoms with E-state index < -0.39 is 94.9 Å². The van der Waals surface area contributed by atoms with Crippen LogP contribution in [0, 0.1) is 17.3 Å². The number of hydrogen-bond acceptors (Lipinski definition) is 12. The monoisotopic (exact) mass is 632 g/mol. The van der Waals surface area contributed by atoms with Crippen LogP contribution in [0.1, 0.15) is 85.0 Å². The second kappa shape index (κ2) is 12.4. The van der Waals surface area contributed by atoms with Gasteiger partial charge in [-0.05, 0) is 52.2 Å². The van der Waals surface area contributed by atoms with Crippen LogP contribution in [0.4, 0.5) is 0 Å². The van der Waals surface area contributed by atoms with E-state index in [-0.39, 0.29) is 18.4 Å². The second-order valence-electron chi connectivity index (χ2n) is 13.1. The van der Waals surface area contributed by atoms with Gasteiger partial charge in [0.2, 0.25) is 0 Å². The minimum atomic E-state index is -1.99. The highest BCUT2D eigenvalue weighted by Gasteiger charge is 2.87. The molecule has 0 amide bonds. The van der Waals surface area contributed by atoms with Gasteiger partial charge in [0.1, 0.15) is 30.3 Å². The van der Waals surface area contributed by atoms with E-state index in [2.05, 4.69) is 0 Å². The molecule has 1 aromatic carbocycles. The van der Waals surface area contributed by atoms with Crippen LogP contribution in [-0.4, -0.2) is 82.8 Å². The number of carbonyl (C=O) groups excluding carboxylic acids is 5. The molecule has 2 saturated carbocycles. The molecule has 1 spiro atoms. The molecule has 9 atom stereocenters. The lowest BCUT2D eigenvalue weighted by Crippen LogP contribution is -2.83. The van der Waals surface area contributed by atoms with Gasteiger partial charge in [-0.3, -0.25) is 19.2 Å². The van der Waals surface area contributed by atoms with Crippen LogP contribution in [0.5, 0.6) is 0 Å². The molecular weight excluding hydrogens is 588 g/mol. The molecule has 1 saturated heterocycles. The summed E-state index contributed by atoms with van der Waals surface area (Å²) in [7, 11) is 0. The van der Waals surface area contributed by atoms with E-state index in [1.54, 1.807) is 39.0 Å². The van der Waals surface area contributed by atoms with Crippen molar-refractivity contribution in [3.8, 4) is 0 Å². The number of hydrogen-bond donors (Lipinski definition) is 1. The van der Waals surface area contributed by atoms with Gasteiger partial charge in [0, 0.05) is 20.8 Å². The van der Waals surface area contributed by atoms with Crippen LogP contribution in [0.25, 0.3) is 0 Å². The Morgan fingerprint density at radius 2 is 1.53 bits per heavy atom. The minimum absolute atomic E-state index is 0.00398. The number of esters is 5. The number of ether oxygens (including phenoxy) is 6. The van der Waals surface area contributed by atoms with Crippen LogP contribution in [0.15, 0.2) is 30.3 Å². The topological polar surface area (TPSA) is 161 Å². The zero-order chi connectivity index (χ0) is 33.5. The maximum atomic E-state index is 13.9. The van der Waals surface area contributed by atoms with Crippen molar-refractivity contribution >= 4 is 29.8 Å². The Morgan fingerprint density at radius 1 is 0.911 bits per heavy atom. The maximum absolute atomic E-state index is 13.9. The lowest BCUT2D eigenvalue weighted by atomic mass is 9.46. The zero-order valence-electron chi connectivity index (χ0n) is 27.1. The Morgan fingerprint density at radius 3 is 2.09 bits per heavy atom. The first-order valence-electron chi connectivity index (χ1n) is 15.3. The second-order valence-corrected chi connectivity index (χ2v) is 13.1. The molecule has 12 heteroatoms. The summed E-state index contributed by atoms with van der Waals surface area (Å²) in [5, 5.41) is 12.4. The summed E-state index contributed by atoms with van der Waals surface area (Å²) in [6, 6.07) is 8.09. The summed E-state index contributed by atoms with van der Waals surface area (Å²) in [5.41, 5.74) is -6.89. The maximum Gasteiger partial charge on any atom is 0.338 e. The first-order valence-corrected chi connectivity index (χ1v) is 15.3. The predicted molar refractivity (Wildman–Crippen MR) is 156 cm³/mol. The van der Waals surface area contributed by atoms with Crippen LogP contribution < -0.4 is 0 Å². The Balaban J connectivity index is 2.11. The highest BCUT2D eigenvalue weighted by Crippen LogP contribution is 2.69. The first kappa shape index (κ1) is 34.4. The van der Waals surface area contributed by atoms with Crippen LogP contribution >= 0.6 is 0 Å². The molecule has 1 N–H and O–H groups in total. The van der Waals surface area contributed by atoms with E-state index in [1.165, 1.54) is 39.8 Å². The minimum Gasteiger partial charge on any atom is -0.465 e. The van der Waals surface area contributed by atoms with Crippen LogP contribution in [-0.2, 0) is 47.6 Å². The van der Waals surface area contributed by atoms with Crippen molar-refractivity contribution in [3.63, 3.8) is 0 Å². The normalized spacial score (nSPS) is 35.3. The van der Waals surface area contributed by atoms with E-state index in [0.717, 1.165) is 0 Å². The zero-order valence-corrected chi connectivity index (χ0v) is 27.1. The first-order chi connectivity index (χ1) is 20.9. The summed E-state index contributed by atoms with van der Waals surface area (Å²) >= 11 is 0. The highest BCUT2D eigenvalue weighted by molar-refractivity contribution is 5.89. The fraction of sp³-hybridized carbons (Fsp3) is 0.667. The van der Waals surface area contributed by atoms with Gasteiger partial charge < -0.3 is 33.5 Å². The molecule has 1 heterocycles. The average molecular weight is 633 g/mol. The fourth-order valence-electron chi connectivity index (χ4n) is 7.66. The van der Waals surface area contributed by atoms with Gasteiger partial charge in [-0.2, -0.15) is 0 Å². The molecule has 0 aromatic heterocycles. The Hall–Kier alpha value is -3.51. The number of fused-ring (bicyclic) bond motifs is 1. The van der Waals surface area contributed by atoms with E-state index >= 15 is 0 Å². The molecule has 2 aliphatic carbocycles. The standard InChI is InChI=1S/C33H44O12/c1-9-18(2)28(37)43-25-24-26(42-21(5)36)33(45-30(24,6)7)31(8,39)16-15-23(41-20(4)35)32(33,17-40-19(3)34)27(25)44-29(38)22-13-11-10-12-14-22/h10-14,18,23-27,39H,9,15-17H2,1-8H3/t18-,23+,24-,25-,26-,27-,31+,32+,33+/m1/s1. The van der Waals surface area contributed by atoms with E-state index in [4.69, 9.17) is 28.4 Å². The smallest absolute Gasteiger partial charge is 0.338 e. The third-order valence-electron chi connectivity index (χ3n) is 9.70. The van der Waals surface area contributed by atoms with Crippen LogP contribution in [0.3, 0.4) is 0 Å². The van der Waals surface area contributed by atoms with Gasteiger partial charge in [-0.25, -0.2) is 4.79 Å². The predicted octanol–water partition coefficient (Wildman–Crippen LogP) is 3.31. The molecule has 1 aromatic rings. The van der Waals surface area contributed by atoms with E-state index in [0.29, 0.717) is 6.42 Å². The molecule has 3 aliphatic rings. The molecule has 1 aliphatic heterocycles. The molecule has 2 bridgehead atoms. The number of rotatable bonds is 9. The quantitative estimate of drug-likeness (QED) is 0.313. The van der Waals surface area contributed by atoms with Gasteiger partial charge in [0.25, 0.3) is 0 Å². The van der Waals surface area contributed by atoms with Gasteiger partial charge in [0.05, 0.1) is 28.6 Å². The summed E-state index contributed by atoms with van der Waals surface area (Å²) in [5.74, 6) is -5.13. The molecule has 12 nitrogen and oxygen atoms in total. The fourth-order valence-corrected chi connectivity index (χ4v) is 7.66. The van der Waals surface area contributed by atoms with Crippen molar-refractivity contribution in [1.82, 2.24) is 0 Å². The number of carbonyl (C=O) groups is 5. The summed E-state index contributed by atoms with van der Waals surface area (Å²) < 4.78 is 36.9. The highest BCUT2D eigenvalue weighted by atomic mass is 16.6. The van der Waals surface area contributed by atoms with Gasteiger partial charge in [-0.15, -0.1) is 0 Å². The van der Waals surface area contributed by atoms with Gasteiger partial charge >= 0.3 is 29.8 Å². The third kappa shape index (κ3) is 5.71. The largest absolute Gasteiger partial charge is 0.465 e. The summed E-state index contributed by atoms with van der Waals surface area (Å²) in [4.78, 5) is 65.3. The van der Waals surface area contributed by atoms with Crippen molar-refractivity contribution in [1.29, 1.82) is 0 Å². The van der Waals surface area contributed by atoms with Crippen LogP contribution in [0.2, 0.25) is 0 Å². The Labute approximate surface area is 263 Å². The number of benzene rings is 1. The Kier molecular flexibility index (Phi) is 9.43.